The van der Waals surface area contributed by atoms with Crippen molar-refractivity contribution < 1.29 is 9.53 Å². The van der Waals surface area contributed by atoms with Crippen molar-refractivity contribution >= 4 is 11.6 Å². The van der Waals surface area contributed by atoms with Gasteiger partial charge >= 0.3 is 0 Å². The predicted molar refractivity (Wildman–Crippen MR) is 102 cm³/mol. The highest BCUT2D eigenvalue weighted by Gasteiger charge is 2.35. The van der Waals surface area contributed by atoms with E-state index in [4.69, 9.17) is 10.5 Å². The number of fused-ring (bicyclic) bond motifs is 1. The van der Waals surface area contributed by atoms with E-state index in [0.29, 0.717) is 24.4 Å². The Labute approximate surface area is 157 Å². The van der Waals surface area contributed by atoms with Crippen LogP contribution in [-0.2, 0) is 0 Å². The molecule has 27 heavy (non-hydrogen) atoms. The Kier molecular flexibility index (Phi) is 4.31. The van der Waals surface area contributed by atoms with Gasteiger partial charge in [-0.2, -0.15) is 5.10 Å². The van der Waals surface area contributed by atoms with Gasteiger partial charge in [-0.05, 0) is 37.6 Å². The molecule has 0 bridgehead atoms. The van der Waals surface area contributed by atoms with Crippen LogP contribution in [0.25, 0.3) is 5.65 Å². The Hall–Kier alpha value is -2.93. The first kappa shape index (κ1) is 17.5. The lowest BCUT2D eigenvalue weighted by Crippen LogP contribution is -2.32. The lowest BCUT2D eigenvalue weighted by Gasteiger charge is -2.16. The summed E-state index contributed by atoms with van der Waals surface area (Å²) in [4.78, 5) is 19.2. The van der Waals surface area contributed by atoms with E-state index in [9.17, 15) is 4.79 Å². The third-order valence-electron chi connectivity index (χ3n) is 5.13. The van der Waals surface area contributed by atoms with E-state index < -0.39 is 0 Å². The summed E-state index contributed by atoms with van der Waals surface area (Å²) in [6, 6.07) is 11.4. The third kappa shape index (κ3) is 3.14. The summed E-state index contributed by atoms with van der Waals surface area (Å²) in [5.41, 5.74) is 10.4. The molecular formula is C20H23N5O2. The molecule has 7 heteroatoms. The number of aryl methyl sites for hydroxylation is 2. The van der Waals surface area contributed by atoms with Crippen LogP contribution in [0.2, 0.25) is 0 Å². The number of likely N-dealkylation sites (tertiary alicyclic amines) is 1. The van der Waals surface area contributed by atoms with Gasteiger partial charge in [-0.15, -0.1) is 0 Å². The first-order valence-corrected chi connectivity index (χ1v) is 8.99. The van der Waals surface area contributed by atoms with Crippen molar-refractivity contribution in [2.75, 3.05) is 20.2 Å². The van der Waals surface area contributed by atoms with Crippen molar-refractivity contribution in [1.82, 2.24) is 19.5 Å². The fraction of sp³-hybridized carbons (Fsp3) is 0.350. The predicted octanol–water partition coefficient (Wildman–Crippen LogP) is 1.92. The number of carbonyl (C=O) groups excluding carboxylic acids is 1. The van der Waals surface area contributed by atoms with Crippen LogP contribution in [0.5, 0.6) is 5.75 Å². The summed E-state index contributed by atoms with van der Waals surface area (Å²) in [5.74, 6) is 0.753. The van der Waals surface area contributed by atoms with Crippen LogP contribution in [0.3, 0.4) is 0 Å². The number of amides is 1. The van der Waals surface area contributed by atoms with E-state index in [2.05, 4.69) is 10.1 Å². The van der Waals surface area contributed by atoms with Crippen LogP contribution in [0, 0.1) is 13.8 Å². The van der Waals surface area contributed by atoms with E-state index in [1.54, 1.807) is 22.6 Å². The Bertz CT molecular complexity index is 1010. The van der Waals surface area contributed by atoms with Crippen molar-refractivity contribution in [3.8, 4) is 5.75 Å². The zero-order valence-electron chi connectivity index (χ0n) is 15.7. The van der Waals surface area contributed by atoms with Crippen LogP contribution in [0.4, 0.5) is 0 Å². The van der Waals surface area contributed by atoms with Crippen molar-refractivity contribution in [1.29, 1.82) is 0 Å². The highest BCUT2D eigenvalue weighted by Crippen LogP contribution is 2.29. The number of rotatable bonds is 3. The fourth-order valence-corrected chi connectivity index (χ4v) is 3.77. The number of aromatic nitrogens is 3. The Morgan fingerprint density at radius 3 is 2.81 bits per heavy atom. The Morgan fingerprint density at radius 1 is 1.22 bits per heavy atom. The van der Waals surface area contributed by atoms with Gasteiger partial charge < -0.3 is 15.4 Å². The van der Waals surface area contributed by atoms with Crippen LogP contribution < -0.4 is 10.5 Å². The molecule has 1 aromatic carbocycles. The van der Waals surface area contributed by atoms with Gasteiger partial charge in [0.05, 0.1) is 7.11 Å². The Balaban J connectivity index is 1.59. The second-order valence-corrected chi connectivity index (χ2v) is 7.10. The maximum Gasteiger partial charge on any atom is 0.274 e. The van der Waals surface area contributed by atoms with Gasteiger partial charge in [0.2, 0.25) is 0 Å². The first-order valence-electron chi connectivity index (χ1n) is 8.99. The van der Waals surface area contributed by atoms with E-state index in [0.717, 1.165) is 22.7 Å². The highest BCUT2D eigenvalue weighted by molar-refractivity contribution is 5.93. The molecule has 0 radical (unpaired) electrons. The molecule has 2 aromatic heterocycles. The van der Waals surface area contributed by atoms with Gasteiger partial charge in [0.15, 0.2) is 11.3 Å². The van der Waals surface area contributed by atoms with Crippen LogP contribution in [0.15, 0.2) is 36.4 Å². The van der Waals surface area contributed by atoms with Crippen LogP contribution in [0.1, 0.15) is 33.4 Å². The molecule has 140 valence electrons. The van der Waals surface area contributed by atoms with Crippen molar-refractivity contribution in [3.05, 3.63) is 59.0 Å². The molecule has 1 aliphatic heterocycles. The number of ether oxygens (including phenoxy) is 1. The third-order valence-corrected chi connectivity index (χ3v) is 5.13. The molecule has 1 amide bonds. The van der Waals surface area contributed by atoms with E-state index in [1.807, 2.05) is 44.2 Å². The summed E-state index contributed by atoms with van der Waals surface area (Å²) in [6.45, 7) is 4.94. The van der Waals surface area contributed by atoms with Gasteiger partial charge in [0.25, 0.3) is 5.91 Å². The van der Waals surface area contributed by atoms with Crippen LogP contribution >= 0.6 is 0 Å². The average molecular weight is 365 g/mol. The maximum absolute atomic E-state index is 13.0. The molecule has 0 spiro atoms. The lowest BCUT2D eigenvalue weighted by atomic mass is 9.95. The monoisotopic (exact) mass is 365 g/mol. The summed E-state index contributed by atoms with van der Waals surface area (Å²) < 4.78 is 7.01. The molecule has 2 unspecified atom stereocenters. The van der Waals surface area contributed by atoms with Crippen molar-refractivity contribution in [2.45, 2.75) is 25.8 Å². The normalized spacial score (nSPS) is 19.6. The van der Waals surface area contributed by atoms with Crippen molar-refractivity contribution in [2.24, 2.45) is 5.73 Å². The molecule has 3 heterocycles. The van der Waals surface area contributed by atoms with E-state index in [-0.39, 0.29) is 17.9 Å². The number of nitrogens with two attached hydrogens (primary N) is 1. The van der Waals surface area contributed by atoms with Gasteiger partial charge in [-0.1, -0.05) is 12.1 Å². The average Bonchev–Trinajstić information content (AvgIpc) is 3.25. The van der Waals surface area contributed by atoms with E-state index >= 15 is 0 Å². The minimum Gasteiger partial charge on any atom is -0.497 e. The van der Waals surface area contributed by atoms with E-state index in [1.165, 1.54) is 0 Å². The Morgan fingerprint density at radius 2 is 2.04 bits per heavy atom. The minimum atomic E-state index is -0.125. The smallest absolute Gasteiger partial charge is 0.274 e. The zero-order valence-corrected chi connectivity index (χ0v) is 15.7. The highest BCUT2D eigenvalue weighted by atomic mass is 16.5. The SMILES string of the molecule is COc1cccc(C2CN(C(=O)c3cc4nc(C)cc(C)n4n3)CC2N)c1. The maximum atomic E-state index is 13.0. The second kappa shape index (κ2) is 6.66. The quantitative estimate of drug-likeness (QED) is 0.766. The molecule has 0 aliphatic carbocycles. The van der Waals surface area contributed by atoms with Crippen LogP contribution in [-0.4, -0.2) is 51.6 Å². The molecule has 1 aliphatic rings. The number of carbonyl (C=O) groups is 1. The lowest BCUT2D eigenvalue weighted by molar-refractivity contribution is 0.0783. The largest absolute Gasteiger partial charge is 0.497 e. The van der Waals surface area contributed by atoms with Gasteiger partial charge in [-0.3, -0.25) is 4.79 Å². The minimum absolute atomic E-state index is 0.0724. The number of hydrogen-bond acceptors (Lipinski definition) is 5. The standard InChI is InChI=1S/C20H23N5O2/c1-12-7-13(2)25-19(22-12)9-18(23-25)20(26)24-10-16(17(21)11-24)14-5-4-6-15(8-14)27-3/h4-9,16-17H,10-11,21H2,1-3H3. The zero-order chi connectivity index (χ0) is 19.1. The number of hydrogen-bond donors (Lipinski definition) is 1. The number of benzene rings is 1. The topological polar surface area (TPSA) is 85.8 Å². The van der Waals surface area contributed by atoms with Crippen molar-refractivity contribution in [3.63, 3.8) is 0 Å². The number of methoxy groups -OCH3 is 1. The molecule has 7 nitrogen and oxygen atoms in total. The summed E-state index contributed by atoms with van der Waals surface area (Å²) in [6.07, 6.45) is 0. The summed E-state index contributed by atoms with van der Waals surface area (Å²) >= 11 is 0. The molecular weight excluding hydrogens is 342 g/mol. The molecule has 2 N–H and O–H groups in total. The van der Waals surface area contributed by atoms with Gasteiger partial charge in [0, 0.05) is 42.5 Å². The van der Waals surface area contributed by atoms with Gasteiger partial charge in [-0.25, -0.2) is 9.50 Å². The molecule has 3 aromatic rings. The fourth-order valence-electron chi connectivity index (χ4n) is 3.77. The molecule has 4 rings (SSSR count). The van der Waals surface area contributed by atoms with Gasteiger partial charge in [0.1, 0.15) is 5.75 Å². The molecule has 0 saturated carbocycles. The molecule has 2 atom stereocenters. The second-order valence-electron chi connectivity index (χ2n) is 7.10. The summed E-state index contributed by atoms with van der Waals surface area (Å²) in [5, 5.41) is 4.45. The number of nitrogens with zero attached hydrogens (tertiary/aromatic N) is 4. The molecule has 1 saturated heterocycles. The first-order chi connectivity index (χ1) is 13.0. The molecule has 1 fully saturated rings. The summed E-state index contributed by atoms with van der Waals surface area (Å²) in [7, 11) is 1.64.